The molecule has 0 saturated heterocycles. The highest BCUT2D eigenvalue weighted by molar-refractivity contribution is 9.10. The summed E-state index contributed by atoms with van der Waals surface area (Å²) in [6, 6.07) is 6.42. The molecule has 2 heterocycles. The summed E-state index contributed by atoms with van der Waals surface area (Å²) in [5.41, 5.74) is 1.02. The minimum absolute atomic E-state index is 0.162. The van der Waals surface area contributed by atoms with Crippen molar-refractivity contribution in [2.24, 2.45) is 0 Å². The highest BCUT2D eigenvalue weighted by atomic mass is 79.9. The van der Waals surface area contributed by atoms with E-state index in [9.17, 15) is 9.18 Å². The normalized spacial score (nSPS) is 12.3. The van der Waals surface area contributed by atoms with Gasteiger partial charge in [0.1, 0.15) is 17.2 Å². The maximum atomic E-state index is 13.8. The number of halogens is 2. The third-order valence-electron chi connectivity index (χ3n) is 3.06. The molecule has 0 aliphatic heterocycles. The van der Waals surface area contributed by atoms with Crippen LogP contribution in [0.5, 0.6) is 0 Å². The van der Waals surface area contributed by atoms with E-state index >= 15 is 0 Å². The van der Waals surface area contributed by atoms with Crippen LogP contribution in [0.2, 0.25) is 0 Å². The fourth-order valence-electron chi connectivity index (χ4n) is 1.90. The summed E-state index contributed by atoms with van der Waals surface area (Å²) in [6.45, 7) is 1.76. The Bertz CT molecular complexity index is 871. The lowest BCUT2D eigenvalue weighted by Crippen LogP contribution is -2.23. The maximum Gasteiger partial charge on any atom is 0.237 e. The lowest BCUT2D eigenvalue weighted by molar-refractivity contribution is -0.115. The number of hydrogen-bond acceptors (Lipinski definition) is 5. The van der Waals surface area contributed by atoms with E-state index in [4.69, 9.17) is 0 Å². The van der Waals surface area contributed by atoms with Crippen LogP contribution in [-0.2, 0) is 4.79 Å². The van der Waals surface area contributed by atoms with Crippen LogP contribution in [0.25, 0.3) is 10.2 Å². The molecule has 118 valence electrons. The SMILES string of the molecule is CC(Sc1ncnc2ccsc12)C(=O)Nc1ccc(Br)cc1F. The number of anilines is 1. The molecule has 4 nitrogen and oxygen atoms in total. The molecule has 0 saturated carbocycles. The molecule has 1 amide bonds. The second-order valence-corrected chi connectivity index (χ2v) is 7.85. The smallest absolute Gasteiger partial charge is 0.237 e. The summed E-state index contributed by atoms with van der Waals surface area (Å²) < 4.78 is 15.4. The van der Waals surface area contributed by atoms with Gasteiger partial charge in [-0.15, -0.1) is 11.3 Å². The van der Waals surface area contributed by atoms with Gasteiger partial charge in [0.2, 0.25) is 5.91 Å². The number of thioether (sulfide) groups is 1. The molecule has 0 aliphatic carbocycles. The minimum Gasteiger partial charge on any atom is -0.323 e. The number of benzene rings is 1. The zero-order valence-corrected chi connectivity index (χ0v) is 15.1. The summed E-state index contributed by atoms with van der Waals surface area (Å²) >= 11 is 6.05. The van der Waals surface area contributed by atoms with E-state index in [0.717, 1.165) is 15.2 Å². The number of aromatic nitrogens is 2. The van der Waals surface area contributed by atoms with E-state index in [-0.39, 0.29) is 11.6 Å². The first-order chi connectivity index (χ1) is 11.0. The first-order valence-electron chi connectivity index (χ1n) is 6.65. The minimum atomic E-state index is -0.479. The Kier molecular flexibility index (Phi) is 4.93. The number of hydrogen-bond donors (Lipinski definition) is 1. The van der Waals surface area contributed by atoms with Crippen molar-refractivity contribution in [3.8, 4) is 0 Å². The van der Waals surface area contributed by atoms with Crippen molar-refractivity contribution < 1.29 is 9.18 Å². The van der Waals surface area contributed by atoms with Crippen LogP contribution in [0.3, 0.4) is 0 Å². The fraction of sp³-hybridized carbons (Fsp3) is 0.133. The van der Waals surface area contributed by atoms with Crippen molar-refractivity contribution >= 4 is 60.8 Å². The lowest BCUT2D eigenvalue weighted by atomic mass is 10.3. The first kappa shape index (κ1) is 16.4. The zero-order valence-electron chi connectivity index (χ0n) is 11.9. The lowest BCUT2D eigenvalue weighted by Gasteiger charge is -2.12. The molecule has 0 aliphatic rings. The summed E-state index contributed by atoms with van der Waals surface area (Å²) in [7, 11) is 0. The average molecular weight is 412 g/mol. The summed E-state index contributed by atoms with van der Waals surface area (Å²) in [4.78, 5) is 20.7. The molecular formula is C15H11BrFN3OS2. The van der Waals surface area contributed by atoms with Crippen LogP contribution >= 0.6 is 39.0 Å². The number of carbonyl (C=O) groups is 1. The molecular weight excluding hydrogens is 401 g/mol. The molecule has 1 atom stereocenters. The largest absolute Gasteiger partial charge is 0.323 e. The third kappa shape index (κ3) is 3.70. The van der Waals surface area contributed by atoms with Gasteiger partial charge in [-0.3, -0.25) is 4.79 Å². The van der Waals surface area contributed by atoms with E-state index in [0.29, 0.717) is 4.47 Å². The Morgan fingerprint density at radius 2 is 2.22 bits per heavy atom. The molecule has 1 unspecified atom stereocenters. The molecule has 3 rings (SSSR count). The molecule has 23 heavy (non-hydrogen) atoms. The Balaban J connectivity index is 1.74. The van der Waals surface area contributed by atoms with Crippen LogP contribution < -0.4 is 5.32 Å². The molecule has 0 fully saturated rings. The Labute approximate surface area is 148 Å². The van der Waals surface area contributed by atoms with Crippen molar-refractivity contribution in [3.05, 3.63) is 46.3 Å². The fourth-order valence-corrected chi connectivity index (χ4v) is 4.07. The van der Waals surface area contributed by atoms with Gasteiger partial charge in [-0.05, 0) is 36.6 Å². The van der Waals surface area contributed by atoms with Crippen molar-refractivity contribution in [2.45, 2.75) is 17.2 Å². The van der Waals surface area contributed by atoms with E-state index < -0.39 is 11.1 Å². The molecule has 1 aromatic carbocycles. The number of thiophene rings is 1. The van der Waals surface area contributed by atoms with Crippen LogP contribution in [0.4, 0.5) is 10.1 Å². The second kappa shape index (κ2) is 6.94. The number of rotatable bonds is 4. The van der Waals surface area contributed by atoms with Gasteiger partial charge < -0.3 is 5.32 Å². The van der Waals surface area contributed by atoms with Gasteiger partial charge in [-0.25, -0.2) is 14.4 Å². The van der Waals surface area contributed by atoms with Gasteiger partial charge in [-0.2, -0.15) is 0 Å². The number of nitrogens with zero attached hydrogens (tertiary/aromatic N) is 2. The van der Waals surface area contributed by atoms with Gasteiger partial charge in [0.15, 0.2) is 0 Å². The predicted octanol–water partition coefficient (Wildman–Crippen LogP) is 4.71. The van der Waals surface area contributed by atoms with E-state index in [1.807, 2.05) is 11.4 Å². The molecule has 0 bridgehead atoms. The Morgan fingerprint density at radius 1 is 1.39 bits per heavy atom. The van der Waals surface area contributed by atoms with E-state index in [1.165, 1.54) is 41.6 Å². The van der Waals surface area contributed by atoms with Gasteiger partial charge in [0.25, 0.3) is 0 Å². The highest BCUT2D eigenvalue weighted by Gasteiger charge is 2.18. The van der Waals surface area contributed by atoms with Crippen molar-refractivity contribution in [1.29, 1.82) is 0 Å². The van der Waals surface area contributed by atoms with Crippen LogP contribution in [0.1, 0.15) is 6.92 Å². The molecule has 1 N–H and O–H groups in total. The van der Waals surface area contributed by atoms with Gasteiger partial charge >= 0.3 is 0 Å². The van der Waals surface area contributed by atoms with Gasteiger partial charge in [-0.1, -0.05) is 27.7 Å². The van der Waals surface area contributed by atoms with Crippen LogP contribution in [0.15, 0.2) is 45.5 Å². The van der Waals surface area contributed by atoms with Gasteiger partial charge in [0.05, 0.1) is 21.2 Å². The summed E-state index contributed by atoms with van der Waals surface area (Å²) in [5.74, 6) is -0.757. The summed E-state index contributed by atoms with van der Waals surface area (Å²) in [5, 5.41) is 4.87. The quantitative estimate of drug-likeness (QED) is 0.498. The van der Waals surface area contributed by atoms with Crippen LogP contribution in [0, 0.1) is 5.82 Å². The Morgan fingerprint density at radius 3 is 3.00 bits per heavy atom. The monoisotopic (exact) mass is 411 g/mol. The second-order valence-electron chi connectivity index (χ2n) is 4.69. The number of nitrogens with one attached hydrogen (secondary N) is 1. The van der Waals surface area contributed by atoms with E-state index in [2.05, 4.69) is 31.2 Å². The first-order valence-corrected chi connectivity index (χ1v) is 9.20. The van der Waals surface area contributed by atoms with Crippen molar-refractivity contribution in [3.63, 3.8) is 0 Å². The maximum absolute atomic E-state index is 13.8. The summed E-state index contributed by atoms with van der Waals surface area (Å²) in [6.07, 6.45) is 1.48. The van der Waals surface area contributed by atoms with Crippen molar-refractivity contribution in [1.82, 2.24) is 9.97 Å². The zero-order chi connectivity index (χ0) is 16.4. The Hall–Kier alpha value is -1.51. The number of fused-ring (bicyclic) bond motifs is 1. The molecule has 3 aromatic rings. The molecule has 0 spiro atoms. The molecule has 2 aromatic heterocycles. The third-order valence-corrected chi connectivity index (χ3v) is 5.69. The van der Waals surface area contributed by atoms with Gasteiger partial charge in [0, 0.05) is 4.47 Å². The number of carbonyl (C=O) groups excluding carboxylic acids is 1. The topological polar surface area (TPSA) is 54.9 Å². The van der Waals surface area contributed by atoms with E-state index in [1.54, 1.807) is 13.0 Å². The highest BCUT2D eigenvalue weighted by Crippen LogP contribution is 2.31. The number of amides is 1. The van der Waals surface area contributed by atoms with Crippen molar-refractivity contribution in [2.75, 3.05) is 5.32 Å². The average Bonchev–Trinajstić information content (AvgIpc) is 2.99. The predicted molar refractivity (Wildman–Crippen MR) is 95.5 cm³/mol. The van der Waals surface area contributed by atoms with Crippen LogP contribution in [-0.4, -0.2) is 21.1 Å². The molecule has 0 radical (unpaired) electrons. The standard InChI is InChI=1S/C15H11BrFN3OS2/c1-8(14(21)20-11-3-2-9(16)6-10(11)17)23-15-13-12(4-5-22-13)18-7-19-15/h2-8H,1H3,(H,20,21). The molecule has 8 heteroatoms.